The van der Waals surface area contributed by atoms with E-state index in [2.05, 4.69) is 20.8 Å². The average molecular weight is 296 g/mol. The summed E-state index contributed by atoms with van der Waals surface area (Å²) in [5.41, 5.74) is 6.21. The Bertz CT molecular complexity index is 435. The molecule has 2 rings (SSSR count). The van der Waals surface area contributed by atoms with E-state index in [1.54, 1.807) is 0 Å². The van der Waals surface area contributed by atoms with Gasteiger partial charge < -0.3 is 15.4 Å². The van der Waals surface area contributed by atoms with E-state index < -0.39 is 0 Å². The zero-order chi connectivity index (χ0) is 15.8. The lowest BCUT2D eigenvalue weighted by molar-refractivity contribution is -0.145. The zero-order valence-electron chi connectivity index (χ0n) is 13.6. The number of methoxy groups -OCH3 is 1. The van der Waals surface area contributed by atoms with Gasteiger partial charge in [0.1, 0.15) is 0 Å². The summed E-state index contributed by atoms with van der Waals surface area (Å²) < 4.78 is 4.78. The van der Waals surface area contributed by atoms with Gasteiger partial charge in [0.25, 0.3) is 0 Å². The van der Waals surface area contributed by atoms with Crippen molar-refractivity contribution in [3.63, 3.8) is 0 Å². The van der Waals surface area contributed by atoms with Gasteiger partial charge in [0.05, 0.1) is 13.0 Å². The Hall–Kier alpha value is -1.10. The highest BCUT2D eigenvalue weighted by molar-refractivity contribution is 5.87. The third-order valence-electron chi connectivity index (χ3n) is 5.05. The maximum Gasteiger partial charge on any atom is 0.310 e. The van der Waals surface area contributed by atoms with Crippen molar-refractivity contribution in [2.45, 2.75) is 52.5 Å². The fourth-order valence-corrected chi connectivity index (χ4v) is 4.36. The molecule has 1 amide bonds. The molecule has 2 N–H and O–H groups in total. The van der Waals surface area contributed by atoms with Gasteiger partial charge in [-0.1, -0.05) is 20.8 Å². The van der Waals surface area contributed by atoms with Gasteiger partial charge in [-0.25, -0.2) is 0 Å². The van der Waals surface area contributed by atoms with Gasteiger partial charge in [-0.3, -0.25) is 9.59 Å². The average Bonchev–Trinajstić information content (AvgIpc) is 2.78. The van der Waals surface area contributed by atoms with E-state index in [9.17, 15) is 9.59 Å². The molecular weight excluding hydrogens is 268 g/mol. The Morgan fingerprint density at radius 3 is 2.62 bits per heavy atom. The van der Waals surface area contributed by atoms with Crippen molar-refractivity contribution in [2.75, 3.05) is 20.2 Å². The van der Waals surface area contributed by atoms with Crippen LogP contribution in [0, 0.1) is 16.7 Å². The van der Waals surface area contributed by atoms with Gasteiger partial charge >= 0.3 is 5.97 Å². The van der Waals surface area contributed by atoms with Crippen LogP contribution in [0.1, 0.15) is 46.5 Å². The molecule has 2 fully saturated rings. The summed E-state index contributed by atoms with van der Waals surface area (Å²) in [4.78, 5) is 25.9. The van der Waals surface area contributed by atoms with Crippen LogP contribution in [-0.4, -0.2) is 43.0 Å². The first-order valence-corrected chi connectivity index (χ1v) is 7.77. The quantitative estimate of drug-likeness (QED) is 0.802. The smallest absolute Gasteiger partial charge is 0.310 e. The molecule has 0 aromatic rings. The topological polar surface area (TPSA) is 72.6 Å². The first kappa shape index (κ1) is 16.3. The monoisotopic (exact) mass is 296 g/mol. The van der Waals surface area contributed by atoms with Crippen LogP contribution >= 0.6 is 0 Å². The van der Waals surface area contributed by atoms with E-state index >= 15 is 0 Å². The largest absolute Gasteiger partial charge is 0.469 e. The molecule has 2 aliphatic rings. The fourth-order valence-electron chi connectivity index (χ4n) is 4.36. The van der Waals surface area contributed by atoms with Crippen LogP contribution in [0.3, 0.4) is 0 Å². The highest BCUT2D eigenvalue weighted by Gasteiger charge is 2.46. The summed E-state index contributed by atoms with van der Waals surface area (Å²) in [5, 5.41) is 0. The SMILES string of the molecule is COC(=O)C1CC(=O)N(C2CC(C)(C)CC(C)(CN)C2)C1. The van der Waals surface area contributed by atoms with Gasteiger partial charge in [0.2, 0.25) is 5.91 Å². The Morgan fingerprint density at radius 2 is 2.05 bits per heavy atom. The molecular formula is C16H28N2O3. The lowest BCUT2D eigenvalue weighted by Gasteiger charge is -2.48. The minimum Gasteiger partial charge on any atom is -0.469 e. The van der Waals surface area contributed by atoms with Crippen LogP contribution in [0.15, 0.2) is 0 Å². The van der Waals surface area contributed by atoms with Crippen LogP contribution in [0.2, 0.25) is 0 Å². The molecule has 1 aliphatic heterocycles. The molecule has 1 aliphatic carbocycles. The number of nitrogens with zero attached hydrogens (tertiary/aromatic N) is 1. The number of esters is 1. The third kappa shape index (κ3) is 3.39. The minimum atomic E-state index is -0.309. The molecule has 120 valence electrons. The van der Waals surface area contributed by atoms with Gasteiger partial charge in [0, 0.05) is 19.0 Å². The molecule has 5 nitrogen and oxygen atoms in total. The minimum absolute atomic E-state index is 0.0655. The van der Waals surface area contributed by atoms with Gasteiger partial charge in [-0.2, -0.15) is 0 Å². The number of carbonyl (C=O) groups is 2. The fraction of sp³-hybridized carbons (Fsp3) is 0.875. The van der Waals surface area contributed by atoms with Crippen molar-refractivity contribution in [3.05, 3.63) is 0 Å². The van der Waals surface area contributed by atoms with E-state index in [4.69, 9.17) is 10.5 Å². The maximum absolute atomic E-state index is 12.3. The number of carbonyl (C=O) groups excluding carboxylic acids is 2. The van der Waals surface area contributed by atoms with E-state index in [1.165, 1.54) is 7.11 Å². The zero-order valence-corrected chi connectivity index (χ0v) is 13.6. The highest BCUT2D eigenvalue weighted by atomic mass is 16.5. The van der Waals surface area contributed by atoms with Crippen LogP contribution in [0.5, 0.6) is 0 Å². The molecule has 0 bridgehead atoms. The van der Waals surface area contributed by atoms with Crippen molar-refractivity contribution >= 4 is 11.9 Å². The lowest BCUT2D eigenvalue weighted by atomic mass is 9.62. The van der Waals surface area contributed by atoms with Gasteiger partial charge in [-0.05, 0) is 36.6 Å². The number of nitrogens with two attached hydrogens (primary N) is 1. The molecule has 1 saturated heterocycles. The van der Waals surface area contributed by atoms with Crippen molar-refractivity contribution in [3.8, 4) is 0 Å². The number of hydrogen-bond donors (Lipinski definition) is 1. The molecule has 1 heterocycles. The summed E-state index contributed by atoms with van der Waals surface area (Å²) in [6.07, 6.45) is 3.26. The predicted octanol–water partition coefficient (Wildman–Crippen LogP) is 1.55. The second-order valence-electron chi connectivity index (χ2n) is 7.89. The first-order chi connectivity index (χ1) is 9.69. The highest BCUT2D eigenvalue weighted by Crippen LogP contribution is 2.47. The second-order valence-corrected chi connectivity index (χ2v) is 7.89. The van der Waals surface area contributed by atoms with Crippen molar-refractivity contribution in [1.82, 2.24) is 4.90 Å². The molecule has 5 heteroatoms. The summed E-state index contributed by atoms with van der Waals surface area (Å²) in [7, 11) is 1.38. The first-order valence-electron chi connectivity index (χ1n) is 7.77. The van der Waals surface area contributed by atoms with E-state index in [-0.39, 0.29) is 41.1 Å². The molecule has 0 radical (unpaired) electrons. The van der Waals surface area contributed by atoms with E-state index in [0.29, 0.717) is 13.1 Å². The molecule has 0 aromatic carbocycles. The maximum atomic E-state index is 12.3. The summed E-state index contributed by atoms with van der Waals surface area (Å²) in [6, 6.07) is 0.185. The number of rotatable bonds is 3. The standard InChI is InChI=1S/C16H28N2O3/c1-15(2)6-12(7-16(3,9-15)10-17)18-8-11(5-13(18)19)14(20)21-4/h11-12H,5-10,17H2,1-4H3. The van der Waals surface area contributed by atoms with Gasteiger partial charge in [0.15, 0.2) is 0 Å². The van der Waals surface area contributed by atoms with Gasteiger partial charge in [-0.15, -0.1) is 0 Å². The predicted molar refractivity (Wildman–Crippen MR) is 80.4 cm³/mol. The summed E-state index contributed by atoms with van der Waals surface area (Å²) in [5.74, 6) is -0.508. The summed E-state index contributed by atoms with van der Waals surface area (Å²) >= 11 is 0. The van der Waals surface area contributed by atoms with Crippen molar-refractivity contribution in [1.29, 1.82) is 0 Å². The number of amides is 1. The Balaban J connectivity index is 2.14. The second kappa shape index (κ2) is 5.59. The normalized spacial score (nSPS) is 35.9. The number of ether oxygens (including phenoxy) is 1. The molecule has 3 atom stereocenters. The van der Waals surface area contributed by atoms with Crippen LogP contribution in [0.4, 0.5) is 0 Å². The molecule has 0 spiro atoms. The Labute approximate surface area is 127 Å². The van der Waals surface area contributed by atoms with Crippen LogP contribution in [0.25, 0.3) is 0 Å². The molecule has 1 saturated carbocycles. The Kier molecular flexibility index (Phi) is 4.34. The Morgan fingerprint density at radius 1 is 1.38 bits per heavy atom. The third-order valence-corrected chi connectivity index (χ3v) is 5.05. The van der Waals surface area contributed by atoms with Crippen molar-refractivity contribution < 1.29 is 14.3 Å². The molecule has 21 heavy (non-hydrogen) atoms. The number of likely N-dealkylation sites (tertiary alicyclic amines) is 1. The van der Waals surface area contributed by atoms with Crippen LogP contribution < -0.4 is 5.73 Å². The van der Waals surface area contributed by atoms with Crippen LogP contribution in [-0.2, 0) is 14.3 Å². The molecule has 0 aromatic heterocycles. The van der Waals surface area contributed by atoms with E-state index in [0.717, 1.165) is 19.3 Å². The van der Waals surface area contributed by atoms with E-state index in [1.807, 2.05) is 4.90 Å². The summed E-state index contributed by atoms with van der Waals surface area (Å²) in [6.45, 7) is 7.82. The lowest BCUT2D eigenvalue weighted by Crippen LogP contribution is -2.49. The molecule has 3 unspecified atom stereocenters. The van der Waals surface area contributed by atoms with Crippen molar-refractivity contribution in [2.24, 2.45) is 22.5 Å². The number of hydrogen-bond acceptors (Lipinski definition) is 4.